The summed E-state index contributed by atoms with van der Waals surface area (Å²) in [5.74, 6) is -0.326. The molecular formula is C12H13NO3. The summed E-state index contributed by atoms with van der Waals surface area (Å²) in [7, 11) is 1.47. The summed E-state index contributed by atoms with van der Waals surface area (Å²) in [6, 6.07) is 7.48. The molecule has 16 heavy (non-hydrogen) atoms. The van der Waals surface area contributed by atoms with E-state index in [9.17, 15) is 9.90 Å². The molecule has 4 heteroatoms. The van der Waals surface area contributed by atoms with Crippen molar-refractivity contribution in [1.29, 1.82) is 0 Å². The molecule has 0 spiro atoms. The highest BCUT2D eigenvalue weighted by Crippen LogP contribution is 2.28. The third kappa shape index (κ3) is 1.52. The minimum absolute atomic E-state index is 0.236. The highest BCUT2D eigenvalue weighted by atomic mass is 16.6. The lowest BCUT2D eigenvalue weighted by atomic mass is 10.0. The molecule has 0 aliphatic carbocycles. The van der Waals surface area contributed by atoms with Gasteiger partial charge in [-0.15, -0.1) is 0 Å². The van der Waals surface area contributed by atoms with Crippen molar-refractivity contribution in [3.05, 3.63) is 40.2 Å². The van der Waals surface area contributed by atoms with Crippen LogP contribution >= 0.6 is 0 Å². The van der Waals surface area contributed by atoms with Crippen molar-refractivity contribution >= 4 is 0 Å². The van der Waals surface area contributed by atoms with Gasteiger partial charge in [0.15, 0.2) is 0 Å². The van der Waals surface area contributed by atoms with Crippen LogP contribution < -0.4 is 5.56 Å². The van der Waals surface area contributed by atoms with Crippen LogP contribution in [0.5, 0.6) is 5.95 Å². The quantitative estimate of drug-likeness (QED) is 0.839. The summed E-state index contributed by atoms with van der Waals surface area (Å²) in [4.78, 5) is 11.8. The van der Waals surface area contributed by atoms with Gasteiger partial charge in [-0.25, -0.2) is 0 Å². The molecule has 0 saturated carbocycles. The zero-order valence-electron chi connectivity index (χ0n) is 9.23. The topological polar surface area (TPSA) is 55.4 Å². The third-order valence-electron chi connectivity index (χ3n) is 2.60. The zero-order valence-corrected chi connectivity index (χ0v) is 9.23. The fraction of sp³-hybridized carbons (Fsp3) is 0.250. The molecule has 1 N–H and O–H groups in total. The third-order valence-corrected chi connectivity index (χ3v) is 2.60. The molecule has 0 radical (unpaired) electrons. The zero-order chi connectivity index (χ0) is 11.7. The molecule has 0 atom stereocenters. The molecule has 1 aromatic carbocycles. The smallest absolute Gasteiger partial charge is 0.318 e. The number of hydrogen-bond acceptors (Lipinski definition) is 3. The van der Waals surface area contributed by atoms with Gasteiger partial charge in [-0.2, -0.15) is 4.74 Å². The van der Waals surface area contributed by atoms with Gasteiger partial charge in [-0.05, 0) is 17.5 Å². The first-order valence-corrected chi connectivity index (χ1v) is 5.12. The molecule has 0 aliphatic heterocycles. The second-order valence-electron chi connectivity index (χ2n) is 3.58. The average Bonchev–Trinajstić information content (AvgIpc) is 2.53. The molecular weight excluding hydrogens is 206 g/mol. The lowest BCUT2D eigenvalue weighted by molar-refractivity contribution is 0.217. The van der Waals surface area contributed by atoms with E-state index >= 15 is 0 Å². The fourth-order valence-electron chi connectivity index (χ4n) is 1.77. The SMILES string of the molecule is CCc1ccccc1-c1c(O)on(C)c1=O. The van der Waals surface area contributed by atoms with E-state index in [0.29, 0.717) is 0 Å². The van der Waals surface area contributed by atoms with E-state index in [1.165, 1.54) is 7.05 Å². The number of benzene rings is 1. The van der Waals surface area contributed by atoms with E-state index in [0.717, 1.165) is 22.3 Å². The molecule has 1 aromatic heterocycles. The Balaban J connectivity index is 2.72. The predicted octanol–water partition coefficient (Wildman–Crippen LogP) is 1.91. The number of rotatable bonds is 2. The van der Waals surface area contributed by atoms with Gasteiger partial charge >= 0.3 is 5.95 Å². The van der Waals surface area contributed by atoms with E-state index in [2.05, 4.69) is 0 Å². The highest BCUT2D eigenvalue weighted by molar-refractivity contribution is 5.70. The Hall–Kier alpha value is -1.97. The van der Waals surface area contributed by atoms with Crippen LogP contribution in [0.3, 0.4) is 0 Å². The normalized spacial score (nSPS) is 10.6. The van der Waals surface area contributed by atoms with Gasteiger partial charge in [-0.1, -0.05) is 31.2 Å². The van der Waals surface area contributed by atoms with E-state index in [-0.39, 0.29) is 17.1 Å². The van der Waals surface area contributed by atoms with Gasteiger partial charge in [0.2, 0.25) is 0 Å². The summed E-state index contributed by atoms with van der Waals surface area (Å²) in [6.45, 7) is 2.00. The van der Waals surface area contributed by atoms with Crippen molar-refractivity contribution in [2.24, 2.45) is 7.05 Å². The van der Waals surface area contributed by atoms with Crippen LogP contribution in [-0.4, -0.2) is 9.85 Å². The number of aromatic hydroxyl groups is 1. The summed E-state index contributed by atoms with van der Waals surface area (Å²) in [5, 5.41) is 9.60. The standard InChI is InChI=1S/C12H13NO3/c1-3-8-6-4-5-7-9(8)10-11(14)13(2)16-12(10)15/h4-7,15H,3H2,1-2H3. The molecule has 2 rings (SSSR count). The van der Waals surface area contributed by atoms with Gasteiger partial charge in [0.25, 0.3) is 5.56 Å². The second kappa shape index (κ2) is 3.89. The monoisotopic (exact) mass is 219 g/mol. The summed E-state index contributed by atoms with van der Waals surface area (Å²) < 4.78 is 5.88. The van der Waals surface area contributed by atoms with E-state index in [4.69, 9.17) is 4.52 Å². The first-order valence-electron chi connectivity index (χ1n) is 5.12. The molecule has 0 saturated heterocycles. The van der Waals surface area contributed by atoms with Crippen LogP contribution in [0.1, 0.15) is 12.5 Å². The molecule has 0 fully saturated rings. The Morgan fingerprint density at radius 1 is 1.38 bits per heavy atom. The first-order chi connectivity index (χ1) is 7.65. The number of aromatic nitrogens is 1. The Kier molecular flexibility index (Phi) is 2.56. The van der Waals surface area contributed by atoms with E-state index in [1.54, 1.807) is 0 Å². The minimum Gasteiger partial charge on any atom is -0.479 e. The van der Waals surface area contributed by atoms with Crippen molar-refractivity contribution in [1.82, 2.24) is 4.74 Å². The Bertz CT molecular complexity index is 566. The van der Waals surface area contributed by atoms with Gasteiger partial charge in [0.05, 0.1) is 0 Å². The number of aryl methyl sites for hydroxylation is 2. The van der Waals surface area contributed by atoms with Gasteiger partial charge < -0.3 is 9.63 Å². The summed E-state index contributed by atoms with van der Waals surface area (Å²) >= 11 is 0. The Labute approximate surface area is 92.7 Å². The maximum absolute atomic E-state index is 11.8. The fourth-order valence-corrected chi connectivity index (χ4v) is 1.77. The lowest BCUT2D eigenvalue weighted by Gasteiger charge is -2.03. The van der Waals surface area contributed by atoms with E-state index < -0.39 is 0 Å². The predicted molar refractivity (Wildman–Crippen MR) is 60.4 cm³/mol. The summed E-state index contributed by atoms with van der Waals surface area (Å²) in [5.41, 5.74) is 1.66. The molecule has 1 heterocycles. The van der Waals surface area contributed by atoms with Crippen molar-refractivity contribution in [2.45, 2.75) is 13.3 Å². The van der Waals surface area contributed by atoms with Crippen LogP contribution in [0.15, 0.2) is 33.6 Å². The highest BCUT2D eigenvalue weighted by Gasteiger charge is 2.18. The Morgan fingerprint density at radius 3 is 2.62 bits per heavy atom. The minimum atomic E-state index is -0.326. The number of nitrogens with zero attached hydrogens (tertiary/aromatic N) is 1. The van der Waals surface area contributed by atoms with Crippen molar-refractivity contribution < 1.29 is 9.63 Å². The van der Waals surface area contributed by atoms with Gasteiger partial charge in [0, 0.05) is 7.05 Å². The lowest BCUT2D eigenvalue weighted by Crippen LogP contribution is -2.11. The van der Waals surface area contributed by atoms with Crippen LogP contribution in [0.2, 0.25) is 0 Å². The van der Waals surface area contributed by atoms with Crippen LogP contribution in [0, 0.1) is 0 Å². The number of hydrogen-bond donors (Lipinski definition) is 1. The molecule has 0 bridgehead atoms. The second-order valence-corrected chi connectivity index (χ2v) is 3.58. The summed E-state index contributed by atoms with van der Waals surface area (Å²) in [6.07, 6.45) is 0.796. The Morgan fingerprint density at radius 2 is 2.06 bits per heavy atom. The van der Waals surface area contributed by atoms with Gasteiger partial charge in [-0.3, -0.25) is 4.79 Å². The molecule has 0 amide bonds. The van der Waals surface area contributed by atoms with Crippen LogP contribution in [0.4, 0.5) is 0 Å². The average molecular weight is 219 g/mol. The van der Waals surface area contributed by atoms with Crippen molar-refractivity contribution in [2.75, 3.05) is 0 Å². The van der Waals surface area contributed by atoms with Crippen LogP contribution in [-0.2, 0) is 13.5 Å². The van der Waals surface area contributed by atoms with Crippen molar-refractivity contribution in [3.8, 4) is 17.1 Å². The van der Waals surface area contributed by atoms with Gasteiger partial charge in [0.1, 0.15) is 5.56 Å². The maximum Gasteiger partial charge on any atom is 0.318 e. The van der Waals surface area contributed by atoms with Crippen molar-refractivity contribution in [3.63, 3.8) is 0 Å². The largest absolute Gasteiger partial charge is 0.479 e. The first kappa shape index (κ1) is 10.5. The molecule has 4 nitrogen and oxygen atoms in total. The molecule has 0 unspecified atom stereocenters. The maximum atomic E-state index is 11.8. The van der Waals surface area contributed by atoms with E-state index in [1.807, 2.05) is 31.2 Å². The molecule has 0 aliphatic rings. The van der Waals surface area contributed by atoms with Crippen LogP contribution in [0.25, 0.3) is 11.1 Å². The molecule has 84 valence electrons. The molecule has 2 aromatic rings.